The number of sulfone groups is 1. The molecule has 0 bridgehead atoms. The molecule has 1 heterocycles. The first kappa shape index (κ1) is 20.7. The summed E-state index contributed by atoms with van der Waals surface area (Å²) in [5, 5.41) is 0. The van der Waals surface area contributed by atoms with Crippen molar-refractivity contribution in [2.24, 2.45) is 0 Å². The largest absolute Gasteiger partial charge is 0.299 e. The van der Waals surface area contributed by atoms with E-state index in [-0.39, 0.29) is 23.8 Å². The first-order valence-electron chi connectivity index (χ1n) is 9.01. The minimum atomic E-state index is -3.25. The Labute approximate surface area is 169 Å². The number of halogens is 1. The van der Waals surface area contributed by atoms with Gasteiger partial charge in [0.25, 0.3) is 0 Å². The van der Waals surface area contributed by atoms with Crippen molar-refractivity contribution in [2.75, 3.05) is 10.7 Å². The summed E-state index contributed by atoms with van der Waals surface area (Å²) in [5.41, 5.74) is 3.00. The van der Waals surface area contributed by atoms with E-state index >= 15 is 0 Å². The minimum Gasteiger partial charge on any atom is -0.299 e. The number of carbonyl (C=O) groups is 2. The van der Waals surface area contributed by atoms with Crippen LogP contribution in [0.5, 0.6) is 0 Å². The molecule has 1 aliphatic rings. The average Bonchev–Trinajstić information content (AvgIpc) is 2.78. The Kier molecular flexibility index (Phi) is 5.79. The third-order valence-corrected chi connectivity index (χ3v) is 6.44. The molecule has 0 saturated heterocycles. The Balaban J connectivity index is 2.20. The lowest BCUT2D eigenvalue weighted by Crippen LogP contribution is -2.25. The van der Waals surface area contributed by atoms with E-state index in [1.807, 2.05) is 0 Å². The maximum atomic E-state index is 13.4. The van der Waals surface area contributed by atoms with Crippen LogP contribution in [0.25, 0.3) is 5.57 Å². The van der Waals surface area contributed by atoms with E-state index in [2.05, 4.69) is 6.58 Å². The van der Waals surface area contributed by atoms with E-state index < -0.39 is 15.7 Å². The smallest absolute Gasteiger partial charge is 0.236 e. The van der Waals surface area contributed by atoms with Crippen molar-refractivity contribution in [3.8, 4) is 0 Å². The average molecular weight is 413 g/mol. The second-order valence-corrected chi connectivity index (χ2v) is 9.07. The number of allylic oxidation sites excluding steroid dienone is 2. The lowest BCUT2D eigenvalue weighted by atomic mass is 9.96. The van der Waals surface area contributed by atoms with Crippen LogP contribution >= 0.6 is 0 Å². The van der Waals surface area contributed by atoms with Crippen LogP contribution in [0.3, 0.4) is 0 Å². The number of aldehydes is 1. The summed E-state index contributed by atoms with van der Waals surface area (Å²) >= 11 is 0. The molecule has 0 spiro atoms. The summed E-state index contributed by atoms with van der Waals surface area (Å²) in [6.07, 6.45) is 1.81. The quantitative estimate of drug-likeness (QED) is 0.549. The van der Waals surface area contributed by atoms with Crippen LogP contribution in [-0.2, 0) is 25.2 Å². The van der Waals surface area contributed by atoms with Gasteiger partial charge in [0.05, 0.1) is 17.9 Å². The summed E-state index contributed by atoms with van der Waals surface area (Å²) in [4.78, 5) is 25.5. The van der Waals surface area contributed by atoms with Gasteiger partial charge in [-0.25, -0.2) is 12.8 Å². The van der Waals surface area contributed by atoms with Gasteiger partial charge in [0.2, 0.25) is 5.91 Å². The summed E-state index contributed by atoms with van der Waals surface area (Å²) < 4.78 is 37.5. The summed E-state index contributed by atoms with van der Waals surface area (Å²) in [5.74, 6) is -0.858. The van der Waals surface area contributed by atoms with Crippen molar-refractivity contribution in [1.29, 1.82) is 0 Å². The van der Waals surface area contributed by atoms with Gasteiger partial charge in [0.1, 0.15) is 12.1 Å². The Bertz CT molecular complexity index is 1120. The zero-order valence-electron chi connectivity index (χ0n) is 15.9. The number of anilines is 2. The molecule has 0 aromatic heterocycles. The maximum absolute atomic E-state index is 13.4. The van der Waals surface area contributed by atoms with Crippen molar-refractivity contribution in [1.82, 2.24) is 0 Å². The predicted molar refractivity (Wildman–Crippen MR) is 111 cm³/mol. The second kappa shape index (κ2) is 8.13. The van der Waals surface area contributed by atoms with Crippen LogP contribution in [-0.4, -0.2) is 26.4 Å². The number of benzene rings is 2. The first-order valence-corrected chi connectivity index (χ1v) is 10.8. The molecular formula is C22H20FNO4S. The number of amides is 1. The van der Waals surface area contributed by atoms with E-state index in [0.717, 1.165) is 0 Å². The number of nitrogens with zero attached hydrogens (tertiary/aromatic N) is 1. The molecule has 0 saturated carbocycles. The Morgan fingerprint density at radius 2 is 1.86 bits per heavy atom. The van der Waals surface area contributed by atoms with Crippen LogP contribution in [0.4, 0.5) is 15.8 Å². The van der Waals surface area contributed by atoms with Gasteiger partial charge in [-0.2, -0.15) is 0 Å². The van der Waals surface area contributed by atoms with Gasteiger partial charge in [-0.15, -0.1) is 0 Å². The van der Waals surface area contributed by atoms with Crippen LogP contribution in [0, 0.1) is 5.82 Å². The summed E-state index contributed by atoms with van der Waals surface area (Å²) in [6.45, 7) is 5.62. The van der Waals surface area contributed by atoms with E-state index in [4.69, 9.17) is 0 Å². The van der Waals surface area contributed by atoms with Crippen LogP contribution < -0.4 is 4.90 Å². The zero-order valence-corrected chi connectivity index (χ0v) is 16.7. The lowest BCUT2D eigenvalue weighted by molar-refractivity contribution is -0.117. The number of rotatable bonds is 5. The van der Waals surface area contributed by atoms with Crippen LogP contribution in [0.1, 0.15) is 24.5 Å². The fraction of sp³-hybridized carbons (Fsp3) is 0.182. The van der Waals surface area contributed by atoms with Gasteiger partial charge < -0.3 is 0 Å². The first-order chi connectivity index (χ1) is 13.8. The van der Waals surface area contributed by atoms with Gasteiger partial charge in [-0.3, -0.25) is 14.5 Å². The summed E-state index contributed by atoms with van der Waals surface area (Å²) in [6, 6.07) is 10.5. The van der Waals surface area contributed by atoms with Crippen molar-refractivity contribution in [3.63, 3.8) is 0 Å². The van der Waals surface area contributed by atoms with Gasteiger partial charge >= 0.3 is 0 Å². The molecule has 150 valence electrons. The van der Waals surface area contributed by atoms with Gasteiger partial charge in [-0.1, -0.05) is 19.6 Å². The molecule has 3 rings (SSSR count). The topological polar surface area (TPSA) is 71.5 Å². The molecule has 29 heavy (non-hydrogen) atoms. The Hall–Kier alpha value is -3.06. The lowest BCUT2D eigenvalue weighted by Gasteiger charge is -2.23. The molecule has 0 aliphatic carbocycles. The third kappa shape index (κ3) is 4.35. The van der Waals surface area contributed by atoms with Gasteiger partial charge in [-0.05, 0) is 59.2 Å². The molecule has 1 aliphatic heterocycles. The van der Waals surface area contributed by atoms with Gasteiger partial charge in [0, 0.05) is 17.0 Å². The van der Waals surface area contributed by atoms with Crippen molar-refractivity contribution in [2.45, 2.75) is 19.1 Å². The molecule has 5 nitrogen and oxygen atoms in total. The molecular weight excluding hydrogens is 393 g/mol. The molecule has 7 heteroatoms. The highest BCUT2D eigenvalue weighted by atomic mass is 32.2. The van der Waals surface area contributed by atoms with E-state index in [1.165, 1.54) is 35.2 Å². The highest BCUT2D eigenvalue weighted by Gasteiger charge is 2.28. The maximum Gasteiger partial charge on any atom is 0.236 e. The van der Waals surface area contributed by atoms with Gasteiger partial charge in [0.15, 0.2) is 9.84 Å². The molecule has 0 N–H and O–H groups in total. The fourth-order valence-electron chi connectivity index (χ4n) is 3.24. The number of fused-ring (bicyclic) bond motifs is 1. The molecule has 1 amide bonds. The van der Waals surface area contributed by atoms with E-state index in [1.54, 1.807) is 25.1 Å². The molecule has 0 fully saturated rings. The van der Waals surface area contributed by atoms with E-state index in [0.29, 0.717) is 39.9 Å². The monoisotopic (exact) mass is 413 g/mol. The predicted octanol–water partition coefficient (Wildman–Crippen LogP) is 3.97. The number of hydrogen-bond donors (Lipinski definition) is 0. The molecule has 0 unspecified atom stereocenters. The SMILES string of the molecule is C=C1/C(=C\C=O)CC(=O)N(c2ccc(F)cc2)c2ccc(CS(=O)(=O)CC)cc21. The summed E-state index contributed by atoms with van der Waals surface area (Å²) in [7, 11) is -3.25. The van der Waals surface area contributed by atoms with E-state index in [9.17, 15) is 22.4 Å². The Morgan fingerprint density at radius 3 is 2.48 bits per heavy atom. The fourth-order valence-corrected chi connectivity index (χ4v) is 4.13. The third-order valence-electron chi connectivity index (χ3n) is 4.79. The van der Waals surface area contributed by atoms with Crippen LogP contribution in [0.15, 0.2) is 60.7 Å². The van der Waals surface area contributed by atoms with Crippen molar-refractivity contribution >= 4 is 39.0 Å². The molecule has 2 aromatic carbocycles. The molecule has 2 aromatic rings. The zero-order chi connectivity index (χ0) is 21.2. The number of carbonyl (C=O) groups excluding carboxylic acids is 2. The minimum absolute atomic E-state index is 0.0154. The highest BCUT2D eigenvalue weighted by Crippen LogP contribution is 2.40. The number of hydrogen-bond acceptors (Lipinski definition) is 4. The second-order valence-electron chi connectivity index (χ2n) is 6.72. The molecule has 0 radical (unpaired) electrons. The Morgan fingerprint density at radius 1 is 1.17 bits per heavy atom. The molecule has 0 atom stereocenters. The van der Waals surface area contributed by atoms with Crippen molar-refractivity contribution in [3.05, 3.63) is 77.6 Å². The standard InChI is InChI=1S/C22H20FNO4S/c1-3-29(27,28)14-16-4-9-21-20(12-16)15(2)17(10-11-25)13-22(26)24(21)19-7-5-18(23)6-8-19/h4-12H,2-3,13-14H2,1H3/b17-10-. The highest BCUT2D eigenvalue weighted by molar-refractivity contribution is 7.90. The normalized spacial score (nSPS) is 15.9. The van der Waals surface area contributed by atoms with Crippen molar-refractivity contribution < 1.29 is 22.4 Å². The van der Waals surface area contributed by atoms with Crippen LogP contribution in [0.2, 0.25) is 0 Å².